The Bertz CT molecular complexity index is 730. The van der Waals surface area contributed by atoms with Crippen LogP contribution in [0.2, 0.25) is 0 Å². The quantitative estimate of drug-likeness (QED) is 0.815. The van der Waals surface area contributed by atoms with E-state index < -0.39 is 5.54 Å². The molecule has 1 aromatic carbocycles. The second kappa shape index (κ2) is 6.11. The van der Waals surface area contributed by atoms with E-state index in [0.29, 0.717) is 21.6 Å². The van der Waals surface area contributed by atoms with Crippen LogP contribution in [0.4, 0.5) is 4.39 Å². The van der Waals surface area contributed by atoms with Crippen LogP contribution < -0.4 is 5.32 Å². The molecule has 1 N–H and O–H groups in total. The lowest BCUT2D eigenvalue weighted by atomic mass is 9.87. The maximum Gasteiger partial charge on any atom is 0.256 e. The van der Waals surface area contributed by atoms with Gasteiger partial charge in [0.05, 0.1) is 15.6 Å². The summed E-state index contributed by atoms with van der Waals surface area (Å²) in [4.78, 5) is 12.8. The van der Waals surface area contributed by atoms with E-state index in [0.717, 1.165) is 31.2 Å². The lowest BCUT2D eigenvalue weighted by Crippen LogP contribution is -2.44. The van der Waals surface area contributed by atoms with Gasteiger partial charge in [-0.15, -0.1) is 0 Å². The Morgan fingerprint density at radius 3 is 2.30 bits per heavy atom. The van der Waals surface area contributed by atoms with Crippen molar-refractivity contribution in [3.05, 3.63) is 57.2 Å². The molecule has 3 nitrogen and oxygen atoms in total. The van der Waals surface area contributed by atoms with Gasteiger partial charge >= 0.3 is 0 Å². The highest BCUT2D eigenvalue weighted by Crippen LogP contribution is 2.39. The summed E-state index contributed by atoms with van der Waals surface area (Å²) >= 11 is 3.43. The van der Waals surface area contributed by atoms with Gasteiger partial charge in [0.1, 0.15) is 17.3 Å². The summed E-state index contributed by atoms with van der Waals surface area (Å²) in [6.45, 7) is 3.60. The lowest BCUT2D eigenvalue weighted by Gasteiger charge is -2.31. The van der Waals surface area contributed by atoms with Crippen LogP contribution in [0.5, 0.6) is 0 Å². The topological polar surface area (TPSA) is 42.2 Å². The minimum absolute atomic E-state index is 0.155. The van der Waals surface area contributed by atoms with Crippen LogP contribution in [-0.4, -0.2) is 5.91 Å². The summed E-state index contributed by atoms with van der Waals surface area (Å²) in [5.41, 5.74) is 1.07. The summed E-state index contributed by atoms with van der Waals surface area (Å²) < 4.78 is 19.5. The van der Waals surface area contributed by atoms with Crippen molar-refractivity contribution in [3.63, 3.8) is 0 Å². The van der Waals surface area contributed by atoms with Gasteiger partial charge in [-0.3, -0.25) is 4.79 Å². The highest BCUT2D eigenvalue weighted by atomic mass is 79.9. The first-order valence-corrected chi connectivity index (χ1v) is 8.56. The number of halogens is 2. The fourth-order valence-electron chi connectivity index (χ4n) is 3.43. The van der Waals surface area contributed by atoms with Crippen molar-refractivity contribution in [2.45, 2.75) is 45.1 Å². The molecule has 0 bridgehead atoms. The Morgan fingerprint density at radius 2 is 1.78 bits per heavy atom. The maximum absolute atomic E-state index is 13.2. The molecule has 0 spiro atoms. The minimum Gasteiger partial charge on any atom is -0.465 e. The van der Waals surface area contributed by atoms with E-state index in [1.165, 1.54) is 12.1 Å². The second-order valence-corrected chi connectivity index (χ2v) is 6.95. The zero-order chi connectivity index (χ0) is 16.6. The van der Waals surface area contributed by atoms with Crippen LogP contribution in [-0.2, 0) is 5.54 Å². The molecule has 0 aliphatic heterocycles. The van der Waals surface area contributed by atoms with Gasteiger partial charge in [0.15, 0.2) is 0 Å². The third-order valence-corrected chi connectivity index (χ3v) is 5.58. The number of furan rings is 1. The molecule has 3 rings (SSSR count). The van der Waals surface area contributed by atoms with Crippen LogP contribution in [0.3, 0.4) is 0 Å². The third kappa shape index (κ3) is 2.94. The monoisotopic (exact) mass is 379 g/mol. The van der Waals surface area contributed by atoms with Gasteiger partial charge in [-0.05, 0) is 60.3 Å². The van der Waals surface area contributed by atoms with E-state index >= 15 is 0 Å². The number of carbonyl (C=O) groups is 1. The van der Waals surface area contributed by atoms with Gasteiger partial charge in [0, 0.05) is 0 Å². The number of benzene rings is 1. The smallest absolute Gasteiger partial charge is 0.256 e. The average Bonchev–Trinajstić information content (AvgIpc) is 3.06. The fourth-order valence-corrected chi connectivity index (χ4v) is 3.97. The summed E-state index contributed by atoms with van der Waals surface area (Å²) in [5.74, 6) is 0.865. The number of amides is 1. The van der Waals surface area contributed by atoms with E-state index in [1.54, 1.807) is 19.1 Å². The highest BCUT2D eigenvalue weighted by Gasteiger charge is 2.38. The fraction of sp³-hybridized carbons (Fsp3) is 0.389. The van der Waals surface area contributed by atoms with Gasteiger partial charge in [-0.25, -0.2) is 4.39 Å². The highest BCUT2D eigenvalue weighted by molar-refractivity contribution is 9.10. The number of hydrogen-bond acceptors (Lipinski definition) is 2. The Hall–Kier alpha value is -1.62. The molecule has 0 saturated heterocycles. The van der Waals surface area contributed by atoms with Crippen LogP contribution in [0.15, 0.2) is 33.2 Å². The van der Waals surface area contributed by atoms with Gasteiger partial charge in [0.2, 0.25) is 0 Å². The van der Waals surface area contributed by atoms with Crippen molar-refractivity contribution in [1.82, 2.24) is 5.32 Å². The number of aryl methyl sites for hydroxylation is 2. The van der Waals surface area contributed by atoms with Crippen molar-refractivity contribution >= 4 is 21.8 Å². The van der Waals surface area contributed by atoms with Crippen molar-refractivity contribution in [2.75, 3.05) is 0 Å². The summed E-state index contributed by atoms with van der Waals surface area (Å²) in [6.07, 6.45) is 3.81. The molecule has 5 heteroatoms. The first-order chi connectivity index (χ1) is 10.9. The van der Waals surface area contributed by atoms with Crippen LogP contribution in [0.1, 0.15) is 53.1 Å². The van der Waals surface area contributed by atoms with Gasteiger partial charge in [-0.2, -0.15) is 0 Å². The van der Waals surface area contributed by atoms with Gasteiger partial charge < -0.3 is 9.73 Å². The largest absolute Gasteiger partial charge is 0.465 e. The Labute approximate surface area is 143 Å². The molecule has 1 saturated carbocycles. The van der Waals surface area contributed by atoms with Crippen molar-refractivity contribution < 1.29 is 13.6 Å². The molecule has 1 fully saturated rings. The summed E-state index contributed by atoms with van der Waals surface area (Å²) in [5, 5.41) is 3.19. The number of rotatable bonds is 3. The molecular weight excluding hydrogens is 361 g/mol. The maximum atomic E-state index is 13.2. The van der Waals surface area contributed by atoms with Crippen molar-refractivity contribution in [1.29, 1.82) is 0 Å². The van der Waals surface area contributed by atoms with E-state index in [2.05, 4.69) is 21.2 Å². The molecule has 0 atom stereocenters. The molecule has 0 unspecified atom stereocenters. The lowest BCUT2D eigenvalue weighted by molar-refractivity contribution is 0.0896. The van der Waals surface area contributed by atoms with Crippen LogP contribution in [0.25, 0.3) is 0 Å². The third-order valence-electron chi connectivity index (χ3n) is 4.62. The van der Waals surface area contributed by atoms with Gasteiger partial charge in [0.25, 0.3) is 5.91 Å². The summed E-state index contributed by atoms with van der Waals surface area (Å²) in [6, 6.07) is 6.43. The summed E-state index contributed by atoms with van der Waals surface area (Å²) in [7, 11) is 0. The molecule has 0 radical (unpaired) electrons. The second-order valence-electron chi connectivity index (χ2n) is 6.15. The Morgan fingerprint density at radius 1 is 1.17 bits per heavy atom. The molecule has 1 heterocycles. The number of nitrogens with one attached hydrogen (secondary N) is 1. The molecule has 23 heavy (non-hydrogen) atoms. The zero-order valence-corrected chi connectivity index (χ0v) is 14.8. The van der Waals surface area contributed by atoms with Crippen molar-refractivity contribution in [3.8, 4) is 0 Å². The molecule has 1 aliphatic carbocycles. The molecule has 1 aromatic heterocycles. The normalized spacial score (nSPS) is 16.5. The molecule has 122 valence electrons. The van der Waals surface area contributed by atoms with E-state index in [-0.39, 0.29) is 11.7 Å². The minimum atomic E-state index is -0.429. The van der Waals surface area contributed by atoms with E-state index in [9.17, 15) is 9.18 Å². The predicted molar refractivity (Wildman–Crippen MR) is 89.9 cm³/mol. The first-order valence-electron chi connectivity index (χ1n) is 7.77. The van der Waals surface area contributed by atoms with Gasteiger partial charge in [-0.1, -0.05) is 25.0 Å². The average molecular weight is 380 g/mol. The SMILES string of the molecule is Cc1oc(C)c(C(=O)NC2(c3ccc(F)cc3)CCCC2)c1Br. The first kappa shape index (κ1) is 16.2. The molecule has 1 aliphatic rings. The zero-order valence-electron chi connectivity index (χ0n) is 13.2. The standard InChI is InChI=1S/C18H19BrFNO2/c1-11-15(16(19)12(2)23-11)17(22)21-18(9-3-4-10-18)13-5-7-14(20)8-6-13/h5-8H,3-4,9-10H2,1-2H3,(H,21,22). The van der Waals surface area contributed by atoms with Crippen LogP contribution in [0, 0.1) is 19.7 Å². The van der Waals surface area contributed by atoms with E-state index in [1.807, 2.05) is 6.92 Å². The Kier molecular flexibility index (Phi) is 4.32. The van der Waals surface area contributed by atoms with E-state index in [4.69, 9.17) is 4.42 Å². The Balaban J connectivity index is 1.94. The molecule has 1 amide bonds. The molecule has 2 aromatic rings. The molecular formula is C18H19BrFNO2. The predicted octanol–water partition coefficient (Wildman–Crippen LogP) is 5.00. The van der Waals surface area contributed by atoms with Crippen molar-refractivity contribution in [2.24, 2.45) is 0 Å². The number of carbonyl (C=O) groups excluding carboxylic acids is 1. The number of hydrogen-bond donors (Lipinski definition) is 1. The van der Waals surface area contributed by atoms with Crippen LogP contribution >= 0.6 is 15.9 Å².